The number of amides is 1. The highest BCUT2D eigenvalue weighted by molar-refractivity contribution is 7.91. The summed E-state index contributed by atoms with van der Waals surface area (Å²) < 4.78 is 25.4. The van der Waals surface area contributed by atoms with Gasteiger partial charge >= 0.3 is 0 Å². The molecule has 1 aliphatic heterocycles. The lowest BCUT2D eigenvalue weighted by molar-refractivity contribution is 0.102. The van der Waals surface area contributed by atoms with Gasteiger partial charge in [0.1, 0.15) is 15.7 Å². The third-order valence-corrected chi connectivity index (χ3v) is 8.22. The van der Waals surface area contributed by atoms with Gasteiger partial charge in [0.25, 0.3) is 5.91 Å². The van der Waals surface area contributed by atoms with Crippen LogP contribution in [0.25, 0.3) is 10.6 Å². The third kappa shape index (κ3) is 4.17. The molecule has 9 heteroatoms. The minimum Gasteiger partial charge on any atom is -0.306 e. The number of hydrogen-bond donors (Lipinski definition) is 1. The van der Waals surface area contributed by atoms with Gasteiger partial charge in [0.15, 0.2) is 9.84 Å². The van der Waals surface area contributed by atoms with Gasteiger partial charge in [-0.15, -0.1) is 11.3 Å². The zero-order chi connectivity index (χ0) is 21.5. The zero-order valence-electron chi connectivity index (χ0n) is 17.2. The predicted molar refractivity (Wildman–Crippen MR) is 119 cm³/mol. The van der Waals surface area contributed by atoms with Crippen molar-refractivity contribution in [3.63, 3.8) is 0 Å². The largest absolute Gasteiger partial charge is 0.306 e. The van der Waals surface area contributed by atoms with Crippen molar-refractivity contribution in [2.24, 2.45) is 0 Å². The van der Waals surface area contributed by atoms with Crippen molar-refractivity contribution in [1.29, 1.82) is 0 Å². The highest BCUT2D eigenvalue weighted by Crippen LogP contribution is 2.30. The SMILES string of the molecule is CCc1ccc(-c2nc(C)c(C(=O)Nc3cc(C)nn3C3CCS(=O)(=O)C3)s2)cc1. The van der Waals surface area contributed by atoms with Crippen LogP contribution in [0.15, 0.2) is 30.3 Å². The average molecular weight is 445 g/mol. The molecular formula is C21H24N4O3S2. The van der Waals surface area contributed by atoms with Crippen molar-refractivity contribution in [2.45, 2.75) is 39.7 Å². The first-order chi connectivity index (χ1) is 14.3. The van der Waals surface area contributed by atoms with Gasteiger partial charge in [-0.3, -0.25) is 4.79 Å². The molecule has 1 aliphatic rings. The molecule has 0 spiro atoms. The van der Waals surface area contributed by atoms with E-state index in [1.165, 1.54) is 16.9 Å². The molecule has 30 heavy (non-hydrogen) atoms. The summed E-state index contributed by atoms with van der Waals surface area (Å²) in [6, 6.07) is 9.71. The van der Waals surface area contributed by atoms with Gasteiger partial charge in [-0.2, -0.15) is 5.10 Å². The molecule has 2 aromatic heterocycles. The second-order valence-electron chi connectivity index (χ2n) is 7.61. The Hall–Kier alpha value is -2.52. The number of aryl methyl sites for hydroxylation is 3. The second kappa shape index (κ2) is 7.96. The third-order valence-electron chi connectivity index (χ3n) is 5.27. The van der Waals surface area contributed by atoms with Crippen molar-refractivity contribution < 1.29 is 13.2 Å². The molecule has 0 bridgehead atoms. The van der Waals surface area contributed by atoms with Crippen LogP contribution >= 0.6 is 11.3 Å². The molecule has 0 radical (unpaired) electrons. The molecule has 158 valence electrons. The summed E-state index contributed by atoms with van der Waals surface area (Å²) in [5.41, 5.74) is 3.63. The summed E-state index contributed by atoms with van der Waals surface area (Å²) >= 11 is 1.35. The van der Waals surface area contributed by atoms with Crippen molar-refractivity contribution >= 4 is 32.9 Å². The number of carbonyl (C=O) groups is 1. The van der Waals surface area contributed by atoms with E-state index in [0.717, 1.165) is 22.7 Å². The van der Waals surface area contributed by atoms with Crippen LogP contribution in [0.5, 0.6) is 0 Å². The Kier molecular flexibility index (Phi) is 5.50. The Morgan fingerprint density at radius 3 is 2.63 bits per heavy atom. The summed E-state index contributed by atoms with van der Waals surface area (Å²) in [6.45, 7) is 5.76. The molecule has 0 aliphatic carbocycles. The maximum Gasteiger partial charge on any atom is 0.268 e. The lowest BCUT2D eigenvalue weighted by Crippen LogP contribution is -2.19. The minimum atomic E-state index is -3.05. The standard InChI is InChI=1S/C21H24N4O3S2/c1-4-15-5-7-16(8-6-15)21-22-14(3)19(29-21)20(26)23-18-11-13(2)24-25(18)17-9-10-30(27,28)12-17/h5-8,11,17H,4,9-10,12H2,1-3H3,(H,23,26). The Morgan fingerprint density at radius 1 is 1.27 bits per heavy atom. The fourth-order valence-electron chi connectivity index (χ4n) is 3.64. The summed E-state index contributed by atoms with van der Waals surface area (Å²) in [7, 11) is -3.05. The number of rotatable bonds is 5. The monoisotopic (exact) mass is 444 g/mol. The van der Waals surface area contributed by atoms with Gasteiger partial charge in [-0.05, 0) is 32.3 Å². The Bertz CT molecular complexity index is 1190. The van der Waals surface area contributed by atoms with Gasteiger partial charge in [0.05, 0.1) is 28.9 Å². The number of carbonyl (C=O) groups excluding carboxylic acids is 1. The lowest BCUT2D eigenvalue weighted by atomic mass is 10.1. The number of anilines is 1. The molecule has 1 atom stereocenters. The Morgan fingerprint density at radius 2 is 2.00 bits per heavy atom. The first-order valence-corrected chi connectivity index (χ1v) is 12.5. The highest BCUT2D eigenvalue weighted by atomic mass is 32.2. The number of nitrogens with zero attached hydrogens (tertiary/aromatic N) is 3. The molecule has 1 N–H and O–H groups in total. The van der Waals surface area contributed by atoms with Crippen LogP contribution in [0, 0.1) is 13.8 Å². The molecule has 3 aromatic rings. The van der Waals surface area contributed by atoms with E-state index in [9.17, 15) is 13.2 Å². The number of nitrogens with one attached hydrogen (secondary N) is 1. The molecule has 0 saturated carbocycles. The fraction of sp³-hybridized carbons (Fsp3) is 0.381. The highest BCUT2D eigenvalue weighted by Gasteiger charge is 2.31. The van der Waals surface area contributed by atoms with Crippen LogP contribution in [0.2, 0.25) is 0 Å². The van der Waals surface area contributed by atoms with Crippen LogP contribution in [0.4, 0.5) is 5.82 Å². The van der Waals surface area contributed by atoms with Crippen LogP contribution in [-0.4, -0.2) is 40.6 Å². The number of benzene rings is 1. The van der Waals surface area contributed by atoms with Crippen molar-refractivity contribution in [1.82, 2.24) is 14.8 Å². The molecule has 7 nitrogen and oxygen atoms in total. The summed E-state index contributed by atoms with van der Waals surface area (Å²) in [5.74, 6) is 0.455. The van der Waals surface area contributed by atoms with Crippen LogP contribution in [0.3, 0.4) is 0 Å². The van der Waals surface area contributed by atoms with Gasteiger partial charge in [-0.1, -0.05) is 31.2 Å². The second-order valence-corrected chi connectivity index (χ2v) is 10.8. The van der Waals surface area contributed by atoms with Crippen molar-refractivity contribution in [3.05, 3.63) is 52.2 Å². The van der Waals surface area contributed by atoms with E-state index in [1.807, 2.05) is 26.0 Å². The Labute approximate surface area is 180 Å². The van der Waals surface area contributed by atoms with Crippen molar-refractivity contribution in [3.8, 4) is 10.6 Å². The quantitative estimate of drug-likeness (QED) is 0.646. The maximum absolute atomic E-state index is 13.0. The molecule has 1 amide bonds. The average Bonchev–Trinajstić information content (AvgIpc) is 3.38. The molecule has 4 rings (SSSR count). The van der Waals surface area contributed by atoms with Crippen LogP contribution < -0.4 is 5.32 Å². The smallest absolute Gasteiger partial charge is 0.268 e. The molecule has 1 unspecified atom stereocenters. The first kappa shape index (κ1) is 20.7. The molecule has 1 aromatic carbocycles. The van der Waals surface area contributed by atoms with E-state index in [2.05, 4.69) is 34.5 Å². The number of aromatic nitrogens is 3. The first-order valence-electron chi connectivity index (χ1n) is 9.90. The van der Waals surface area contributed by atoms with Gasteiger partial charge in [0.2, 0.25) is 0 Å². The van der Waals surface area contributed by atoms with E-state index in [1.54, 1.807) is 10.7 Å². The molecule has 1 saturated heterocycles. The molecular weight excluding hydrogens is 420 g/mol. The van der Waals surface area contributed by atoms with E-state index >= 15 is 0 Å². The number of hydrogen-bond acceptors (Lipinski definition) is 6. The minimum absolute atomic E-state index is 0.0501. The van der Waals surface area contributed by atoms with E-state index in [-0.39, 0.29) is 23.5 Å². The van der Waals surface area contributed by atoms with Crippen LogP contribution in [-0.2, 0) is 16.3 Å². The summed E-state index contributed by atoms with van der Waals surface area (Å²) in [4.78, 5) is 18.1. The number of thiazole rings is 1. The van der Waals surface area contributed by atoms with Crippen LogP contribution in [0.1, 0.15) is 46.0 Å². The number of sulfone groups is 1. The normalized spacial score (nSPS) is 17.9. The fourth-order valence-corrected chi connectivity index (χ4v) is 6.30. The summed E-state index contributed by atoms with van der Waals surface area (Å²) in [6.07, 6.45) is 1.48. The van der Waals surface area contributed by atoms with Gasteiger partial charge < -0.3 is 5.32 Å². The van der Waals surface area contributed by atoms with E-state index in [4.69, 9.17) is 0 Å². The zero-order valence-corrected chi connectivity index (χ0v) is 18.8. The van der Waals surface area contributed by atoms with Gasteiger partial charge in [-0.25, -0.2) is 18.1 Å². The topological polar surface area (TPSA) is 93.9 Å². The molecule has 3 heterocycles. The Balaban J connectivity index is 1.57. The maximum atomic E-state index is 13.0. The van der Waals surface area contributed by atoms with Crippen molar-refractivity contribution in [2.75, 3.05) is 16.8 Å². The molecule has 1 fully saturated rings. The lowest BCUT2D eigenvalue weighted by Gasteiger charge is -2.13. The van der Waals surface area contributed by atoms with Gasteiger partial charge in [0, 0.05) is 11.6 Å². The van der Waals surface area contributed by atoms with E-state index < -0.39 is 9.84 Å². The predicted octanol–water partition coefficient (Wildman–Crippen LogP) is 3.80. The van der Waals surface area contributed by atoms with E-state index in [0.29, 0.717) is 22.8 Å². The summed E-state index contributed by atoms with van der Waals surface area (Å²) in [5, 5.41) is 8.13.